The minimum absolute atomic E-state index is 0.199. The maximum atomic E-state index is 12.4. The second-order valence-corrected chi connectivity index (χ2v) is 7.83. The predicted molar refractivity (Wildman–Crippen MR) is 115 cm³/mol. The van der Waals surface area contributed by atoms with Gasteiger partial charge >= 0.3 is 11.9 Å². The largest absolute Gasteiger partial charge is 0.481 e. The normalized spacial score (nSPS) is 13.5. The van der Waals surface area contributed by atoms with Gasteiger partial charge in [0.05, 0.1) is 12.6 Å². The van der Waals surface area contributed by atoms with Gasteiger partial charge < -0.3 is 37.6 Å². The van der Waals surface area contributed by atoms with Crippen molar-refractivity contribution in [2.75, 3.05) is 25.1 Å². The van der Waals surface area contributed by atoms with Crippen LogP contribution in [-0.2, 0) is 24.0 Å². The molecule has 3 unspecified atom stereocenters. The number of nitrogens with one attached hydrogen (secondary N) is 3. The zero-order valence-corrected chi connectivity index (χ0v) is 18.4. The van der Waals surface area contributed by atoms with Crippen LogP contribution < -0.4 is 27.4 Å². The van der Waals surface area contributed by atoms with Gasteiger partial charge in [-0.25, -0.2) is 4.79 Å². The molecule has 0 saturated carbocycles. The highest BCUT2D eigenvalue weighted by Gasteiger charge is 2.25. The molecular formula is C18H33N5O7S. The van der Waals surface area contributed by atoms with E-state index in [0.29, 0.717) is 31.6 Å². The molecule has 12 nitrogen and oxygen atoms in total. The number of hydrogen-bond donors (Lipinski definition) is 7. The number of nitrogens with two attached hydrogens (primary N) is 2. The average Bonchev–Trinajstić information content (AvgIpc) is 2.71. The third-order valence-electron chi connectivity index (χ3n) is 4.25. The zero-order valence-electron chi connectivity index (χ0n) is 17.6. The van der Waals surface area contributed by atoms with Crippen molar-refractivity contribution in [3.63, 3.8) is 0 Å². The van der Waals surface area contributed by atoms with Crippen LogP contribution in [0.25, 0.3) is 0 Å². The summed E-state index contributed by atoms with van der Waals surface area (Å²) < 4.78 is 0. The van der Waals surface area contributed by atoms with Crippen molar-refractivity contribution < 1.29 is 34.2 Å². The van der Waals surface area contributed by atoms with Gasteiger partial charge in [-0.3, -0.25) is 19.2 Å². The van der Waals surface area contributed by atoms with Crippen molar-refractivity contribution in [3.05, 3.63) is 0 Å². The van der Waals surface area contributed by atoms with Gasteiger partial charge in [0.1, 0.15) is 12.1 Å². The van der Waals surface area contributed by atoms with Crippen LogP contribution in [0.2, 0.25) is 0 Å². The lowest BCUT2D eigenvalue weighted by molar-refractivity contribution is -0.141. The van der Waals surface area contributed by atoms with E-state index in [1.54, 1.807) is 6.26 Å². The van der Waals surface area contributed by atoms with Crippen molar-refractivity contribution in [1.82, 2.24) is 16.0 Å². The van der Waals surface area contributed by atoms with Crippen molar-refractivity contribution in [2.45, 2.75) is 56.7 Å². The molecule has 178 valence electrons. The standard InChI is InChI=1S/C18H33N5O7S/c1-31-9-7-13(18(29)30)22-14(24)10-21-17(28)12(5-6-15(25)26)23-16(27)11(20)4-2-3-8-19/h11-13H,2-10,19-20H2,1H3,(H,21,28)(H,22,24)(H,23,27)(H,25,26)(H,29,30). The first-order valence-corrected chi connectivity index (χ1v) is 11.3. The number of thioether (sulfide) groups is 1. The van der Waals surface area contributed by atoms with Crippen molar-refractivity contribution in [3.8, 4) is 0 Å². The number of hydrogen-bond acceptors (Lipinski definition) is 8. The Balaban J connectivity index is 4.82. The van der Waals surface area contributed by atoms with E-state index < -0.39 is 54.3 Å². The third-order valence-corrected chi connectivity index (χ3v) is 4.90. The van der Waals surface area contributed by atoms with Crippen LogP contribution in [0.5, 0.6) is 0 Å². The summed E-state index contributed by atoms with van der Waals surface area (Å²) >= 11 is 1.43. The molecule has 31 heavy (non-hydrogen) atoms. The number of unbranched alkanes of at least 4 members (excludes halogenated alkanes) is 1. The zero-order chi connectivity index (χ0) is 23.8. The molecule has 0 radical (unpaired) electrons. The van der Waals surface area contributed by atoms with E-state index in [0.717, 1.165) is 0 Å². The van der Waals surface area contributed by atoms with E-state index in [2.05, 4.69) is 16.0 Å². The topological polar surface area (TPSA) is 214 Å². The second-order valence-electron chi connectivity index (χ2n) is 6.84. The Kier molecular flexibility index (Phi) is 15.1. The minimum Gasteiger partial charge on any atom is -0.481 e. The van der Waals surface area contributed by atoms with Crippen LogP contribution >= 0.6 is 11.8 Å². The van der Waals surface area contributed by atoms with Crippen molar-refractivity contribution in [2.24, 2.45) is 11.5 Å². The maximum Gasteiger partial charge on any atom is 0.326 e. The Hall–Kier alpha value is -2.38. The molecule has 0 bridgehead atoms. The SMILES string of the molecule is CSCCC(NC(=O)CNC(=O)C(CCC(=O)O)NC(=O)C(N)CCCCN)C(=O)O. The number of rotatable bonds is 17. The maximum absolute atomic E-state index is 12.4. The van der Waals surface area contributed by atoms with Gasteiger partial charge in [-0.1, -0.05) is 6.42 Å². The Labute approximate surface area is 185 Å². The second kappa shape index (κ2) is 16.3. The summed E-state index contributed by atoms with van der Waals surface area (Å²) in [5.41, 5.74) is 11.2. The van der Waals surface area contributed by atoms with Gasteiger partial charge in [0.25, 0.3) is 0 Å². The monoisotopic (exact) mass is 463 g/mol. The van der Waals surface area contributed by atoms with Crippen LogP contribution in [0.4, 0.5) is 0 Å². The first kappa shape index (κ1) is 28.6. The number of carbonyl (C=O) groups excluding carboxylic acids is 3. The van der Waals surface area contributed by atoms with Gasteiger partial charge in [0.2, 0.25) is 17.7 Å². The van der Waals surface area contributed by atoms with E-state index in [1.807, 2.05) is 0 Å². The average molecular weight is 464 g/mol. The van der Waals surface area contributed by atoms with Crippen LogP contribution in [0.1, 0.15) is 38.5 Å². The summed E-state index contributed by atoms with van der Waals surface area (Å²) in [5, 5.41) is 25.0. The van der Waals surface area contributed by atoms with E-state index in [1.165, 1.54) is 11.8 Å². The molecule has 9 N–H and O–H groups in total. The van der Waals surface area contributed by atoms with Gasteiger partial charge in [-0.05, 0) is 44.2 Å². The molecule has 0 saturated heterocycles. The Morgan fingerprint density at radius 2 is 1.61 bits per heavy atom. The fourth-order valence-electron chi connectivity index (χ4n) is 2.48. The molecule has 0 aliphatic carbocycles. The van der Waals surface area contributed by atoms with Gasteiger partial charge in [-0.2, -0.15) is 11.8 Å². The summed E-state index contributed by atoms with van der Waals surface area (Å²) in [7, 11) is 0. The van der Waals surface area contributed by atoms with Crippen molar-refractivity contribution >= 4 is 41.4 Å². The van der Waals surface area contributed by atoms with Crippen LogP contribution in [0.3, 0.4) is 0 Å². The lowest BCUT2D eigenvalue weighted by Crippen LogP contribution is -2.53. The third kappa shape index (κ3) is 13.5. The number of amides is 3. The summed E-state index contributed by atoms with van der Waals surface area (Å²) in [6.45, 7) is -0.0655. The van der Waals surface area contributed by atoms with Gasteiger partial charge in [0.15, 0.2) is 0 Å². The lowest BCUT2D eigenvalue weighted by atomic mass is 10.1. The predicted octanol–water partition coefficient (Wildman–Crippen LogP) is -1.77. The Morgan fingerprint density at radius 1 is 0.935 bits per heavy atom. The molecule has 0 aliphatic rings. The fourth-order valence-corrected chi connectivity index (χ4v) is 2.96. The van der Waals surface area contributed by atoms with E-state index in [9.17, 15) is 24.0 Å². The van der Waals surface area contributed by atoms with Gasteiger partial charge in [0, 0.05) is 6.42 Å². The number of aliphatic carboxylic acids is 2. The molecular weight excluding hydrogens is 430 g/mol. The van der Waals surface area contributed by atoms with E-state index in [4.69, 9.17) is 21.7 Å². The first-order valence-electron chi connectivity index (χ1n) is 9.89. The lowest BCUT2D eigenvalue weighted by Gasteiger charge is -2.20. The van der Waals surface area contributed by atoms with Crippen LogP contribution in [0, 0.1) is 0 Å². The smallest absolute Gasteiger partial charge is 0.326 e. The molecule has 0 aromatic heterocycles. The highest BCUT2D eigenvalue weighted by Crippen LogP contribution is 2.03. The Morgan fingerprint density at radius 3 is 2.16 bits per heavy atom. The first-order chi connectivity index (χ1) is 14.6. The van der Waals surface area contributed by atoms with Crippen molar-refractivity contribution in [1.29, 1.82) is 0 Å². The molecule has 0 spiro atoms. The number of carbonyl (C=O) groups is 5. The Bertz CT molecular complexity index is 620. The van der Waals surface area contributed by atoms with Crippen LogP contribution in [0.15, 0.2) is 0 Å². The van der Waals surface area contributed by atoms with Crippen LogP contribution in [-0.4, -0.2) is 83.1 Å². The van der Waals surface area contributed by atoms with E-state index in [-0.39, 0.29) is 19.3 Å². The molecule has 0 aromatic carbocycles. The fraction of sp³-hybridized carbons (Fsp3) is 0.722. The molecule has 3 atom stereocenters. The number of carboxylic acids is 2. The molecule has 13 heteroatoms. The molecule has 0 aromatic rings. The molecule has 0 heterocycles. The molecule has 0 fully saturated rings. The molecule has 3 amide bonds. The van der Waals surface area contributed by atoms with Gasteiger partial charge in [-0.15, -0.1) is 0 Å². The summed E-state index contributed by atoms with van der Waals surface area (Å²) in [5.74, 6) is -3.93. The summed E-state index contributed by atoms with van der Waals surface area (Å²) in [6.07, 6.45) is 3.10. The summed E-state index contributed by atoms with van der Waals surface area (Å²) in [4.78, 5) is 58.6. The minimum atomic E-state index is -1.20. The highest BCUT2D eigenvalue weighted by molar-refractivity contribution is 7.98. The molecule has 0 aliphatic heterocycles. The number of carboxylic acid groups (broad SMARTS) is 2. The molecule has 0 rings (SSSR count). The van der Waals surface area contributed by atoms with E-state index >= 15 is 0 Å². The summed E-state index contributed by atoms with van der Waals surface area (Å²) in [6, 6.07) is -3.18. The highest BCUT2D eigenvalue weighted by atomic mass is 32.2. The quantitative estimate of drug-likeness (QED) is 0.120.